The van der Waals surface area contributed by atoms with E-state index in [1.165, 1.54) is 23.7 Å². The summed E-state index contributed by atoms with van der Waals surface area (Å²) >= 11 is 1.33. The second kappa shape index (κ2) is 10.4. The highest BCUT2D eigenvalue weighted by atomic mass is 32.2. The monoisotopic (exact) mass is 489 g/mol. The Hall–Kier alpha value is -3.59. The van der Waals surface area contributed by atoms with Crippen LogP contribution in [-0.4, -0.2) is 51.8 Å². The van der Waals surface area contributed by atoms with Gasteiger partial charge in [0, 0.05) is 5.92 Å². The predicted octanol–water partition coefficient (Wildman–Crippen LogP) is 4.74. The van der Waals surface area contributed by atoms with Crippen molar-refractivity contribution in [3.05, 3.63) is 71.6 Å². The summed E-state index contributed by atoms with van der Waals surface area (Å²) in [6.45, 7) is 0. The zero-order valence-electron chi connectivity index (χ0n) is 19.7. The van der Waals surface area contributed by atoms with Crippen LogP contribution in [-0.2, 0) is 4.79 Å². The third-order valence-corrected chi connectivity index (χ3v) is 7.26. The first-order chi connectivity index (χ1) is 17.2. The molecule has 0 radical (unpaired) electrons. The number of hydrogen-bond donors (Lipinski definition) is 1. The van der Waals surface area contributed by atoms with E-state index in [0.29, 0.717) is 5.16 Å². The van der Waals surface area contributed by atoms with Gasteiger partial charge < -0.3 is 9.47 Å². The number of fused-ring (bicyclic) bond motifs is 1. The Morgan fingerprint density at radius 1 is 1.11 bits per heavy atom. The number of amides is 1. The van der Waals surface area contributed by atoms with Crippen LogP contribution in [0.4, 0.5) is 0 Å². The molecule has 1 N–H and O–H groups in total. The molecule has 2 atom stereocenters. The molecule has 5 rings (SSSR count). The van der Waals surface area contributed by atoms with Crippen LogP contribution in [0.1, 0.15) is 36.4 Å². The first kappa shape index (κ1) is 23.2. The number of nitrogens with zero attached hydrogens (tertiary/aromatic N) is 4. The van der Waals surface area contributed by atoms with E-state index in [9.17, 15) is 4.79 Å². The van der Waals surface area contributed by atoms with E-state index in [2.05, 4.69) is 21.3 Å². The fourth-order valence-electron chi connectivity index (χ4n) is 4.70. The van der Waals surface area contributed by atoms with Gasteiger partial charge in [-0.05, 0) is 66.3 Å². The van der Waals surface area contributed by atoms with E-state index in [1.54, 1.807) is 19.2 Å². The van der Waals surface area contributed by atoms with Gasteiger partial charge in [-0.3, -0.25) is 9.89 Å². The van der Waals surface area contributed by atoms with Gasteiger partial charge in [-0.2, -0.15) is 10.2 Å². The van der Waals surface area contributed by atoms with Gasteiger partial charge in [-0.25, -0.2) is 9.99 Å². The Labute approximate surface area is 208 Å². The first-order valence-corrected chi connectivity index (χ1v) is 12.5. The third kappa shape index (κ3) is 4.95. The molecule has 1 aliphatic heterocycles. The summed E-state index contributed by atoms with van der Waals surface area (Å²) in [5.41, 5.74) is 4.34. The van der Waals surface area contributed by atoms with Crippen molar-refractivity contribution in [2.45, 2.75) is 30.5 Å². The zero-order valence-corrected chi connectivity index (χ0v) is 20.5. The number of nitrogens with one attached hydrogen (secondary N) is 1. The van der Waals surface area contributed by atoms with E-state index >= 15 is 0 Å². The van der Waals surface area contributed by atoms with E-state index in [0.717, 1.165) is 47.6 Å². The maximum atomic E-state index is 13.4. The van der Waals surface area contributed by atoms with Gasteiger partial charge in [-0.1, -0.05) is 36.0 Å². The molecule has 2 unspecified atom stereocenters. The minimum atomic E-state index is -0.154. The lowest BCUT2D eigenvalue weighted by Gasteiger charge is -2.29. The van der Waals surface area contributed by atoms with Crippen LogP contribution in [0.2, 0.25) is 0 Å². The number of aromatic nitrogens is 3. The van der Waals surface area contributed by atoms with Gasteiger partial charge in [0.1, 0.15) is 17.8 Å². The smallest absolute Gasteiger partial charge is 0.253 e. The number of allylic oxidation sites excluding steroid dienone is 1. The largest absolute Gasteiger partial charge is 0.497 e. The molecule has 35 heavy (non-hydrogen) atoms. The molecule has 0 bridgehead atoms. The van der Waals surface area contributed by atoms with Crippen molar-refractivity contribution in [2.75, 3.05) is 20.0 Å². The number of rotatable bonds is 7. The minimum absolute atomic E-state index is 0.0575. The summed E-state index contributed by atoms with van der Waals surface area (Å²) in [6.07, 6.45) is 6.59. The van der Waals surface area contributed by atoms with Gasteiger partial charge in [0.2, 0.25) is 0 Å². The number of benzene rings is 2. The van der Waals surface area contributed by atoms with Gasteiger partial charge in [0.15, 0.2) is 5.16 Å². The van der Waals surface area contributed by atoms with Crippen molar-refractivity contribution < 1.29 is 14.3 Å². The number of carbonyl (C=O) groups excluding carboxylic acids is 1. The second-order valence-corrected chi connectivity index (χ2v) is 9.43. The van der Waals surface area contributed by atoms with Crippen LogP contribution >= 0.6 is 11.8 Å². The number of hydrogen-bond acceptors (Lipinski definition) is 7. The lowest BCUT2D eigenvalue weighted by molar-refractivity contribution is -0.130. The fourth-order valence-corrected chi connectivity index (χ4v) is 5.33. The molecule has 8 nitrogen and oxygen atoms in total. The minimum Gasteiger partial charge on any atom is -0.497 e. The number of thioether (sulfide) groups is 1. The molecule has 1 fully saturated rings. The fraction of sp³-hybridized carbons (Fsp3) is 0.308. The molecule has 0 saturated heterocycles. The standard InChI is InChI=1S/C26H27N5O3S/c1-33-20-10-6-17(7-11-20)14-19-4-3-5-22-24(19)30-31(23(32)15-35-26-27-16-28-29-26)25(22)18-8-12-21(34-2)13-9-18/h6-14,16,22,25H,3-5,15H2,1-2H3,(H,27,28,29)/b19-14+. The lowest BCUT2D eigenvalue weighted by atomic mass is 9.77. The Morgan fingerprint density at radius 2 is 1.83 bits per heavy atom. The van der Waals surface area contributed by atoms with E-state index in [1.807, 2.05) is 48.5 Å². The predicted molar refractivity (Wildman–Crippen MR) is 135 cm³/mol. The van der Waals surface area contributed by atoms with Crippen molar-refractivity contribution in [2.24, 2.45) is 11.0 Å². The summed E-state index contributed by atoms with van der Waals surface area (Å²) in [6, 6.07) is 15.8. The number of hydrazone groups is 1. The quantitative estimate of drug-likeness (QED) is 0.482. The highest BCUT2D eigenvalue weighted by molar-refractivity contribution is 7.99. The average Bonchev–Trinajstić information content (AvgIpc) is 3.56. The average molecular weight is 490 g/mol. The van der Waals surface area contributed by atoms with Crippen LogP contribution in [0.15, 0.2) is 70.7 Å². The molecule has 180 valence electrons. The molecule has 1 aromatic heterocycles. The normalized spacial score (nSPS) is 20.5. The number of ether oxygens (including phenoxy) is 2. The molecule has 2 aromatic carbocycles. The van der Waals surface area contributed by atoms with Gasteiger partial charge in [0.05, 0.1) is 31.7 Å². The highest BCUT2D eigenvalue weighted by Crippen LogP contribution is 2.45. The number of methoxy groups -OCH3 is 2. The Morgan fingerprint density at radius 3 is 2.49 bits per heavy atom. The molecule has 1 aliphatic carbocycles. The summed E-state index contributed by atoms with van der Waals surface area (Å²) in [5, 5.41) is 13.9. The van der Waals surface area contributed by atoms with Gasteiger partial charge >= 0.3 is 0 Å². The molecular formula is C26H27N5O3S. The number of carbonyl (C=O) groups is 1. The highest BCUT2D eigenvalue weighted by Gasteiger charge is 2.43. The van der Waals surface area contributed by atoms with E-state index in [-0.39, 0.29) is 23.6 Å². The van der Waals surface area contributed by atoms with Crippen molar-refractivity contribution in [1.29, 1.82) is 0 Å². The molecular weight excluding hydrogens is 462 g/mol. The van der Waals surface area contributed by atoms with Crippen LogP contribution in [0.3, 0.4) is 0 Å². The molecule has 9 heteroatoms. The van der Waals surface area contributed by atoms with Crippen LogP contribution in [0.5, 0.6) is 11.5 Å². The lowest BCUT2D eigenvalue weighted by Crippen LogP contribution is -2.32. The number of H-pyrrole nitrogens is 1. The Balaban J connectivity index is 1.46. The molecule has 2 heterocycles. The summed E-state index contributed by atoms with van der Waals surface area (Å²) in [5.74, 6) is 1.92. The van der Waals surface area contributed by atoms with Crippen LogP contribution < -0.4 is 9.47 Å². The molecule has 2 aliphatic rings. The summed E-state index contributed by atoms with van der Waals surface area (Å²) < 4.78 is 10.6. The van der Waals surface area contributed by atoms with E-state index in [4.69, 9.17) is 14.6 Å². The SMILES string of the molecule is COc1ccc(/C=C2\CCCC3C2=NN(C(=O)CSc2ncn[nH]2)C3c2ccc(OC)cc2)cc1. The van der Waals surface area contributed by atoms with E-state index < -0.39 is 0 Å². The number of aromatic amines is 1. The van der Waals surface area contributed by atoms with Gasteiger partial charge in [-0.15, -0.1) is 0 Å². The molecule has 1 saturated carbocycles. The van der Waals surface area contributed by atoms with Crippen LogP contribution in [0, 0.1) is 5.92 Å². The third-order valence-electron chi connectivity index (χ3n) is 6.40. The Bertz CT molecular complexity index is 1220. The van der Waals surface area contributed by atoms with Crippen molar-refractivity contribution in [3.8, 4) is 11.5 Å². The maximum Gasteiger partial charge on any atom is 0.253 e. The molecule has 3 aromatic rings. The summed E-state index contributed by atoms with van der Waals surface area (Å²) in [4.78, 5) is 17.5. The Kier molecular flexibility index (Phi) is 6.85. The topological polar surface area (TPSA) is 92.7 Å². The van der Waals surface area contributed by atoms with Crippen molar-refractivity contribution in [3.63, 3.8) is 0 Å². The first-order valence-electron chi connectivity index (χ1n) is 11.5. The van der Waals surface area contributed by atoms with Crippen LogP contribution in [0.25, 0.3) is 6.08 Å². The maximum absolute atomic E-state index is 13.4. The zero-order chi connectivity index (χ0) is 24.2. The van der Waals surface area contributed by atoms with Gasteiger partial charge in [0.25, 0.3) is 5.91 Å². The molecule has 1 amide bonds. The summed E-state index contributed by atoms with van der Waals surface area (Å²) in [7, 11) is 3.32. The van der Waals surface area contributed by atoms with Crippen molar-refractivity contribution in [1.82, 2.24) is 20.2 Å². The molecule has 0 spiro atoms. The van der Waals surface area contributed by atoms with Crippen molar-refractivity contribution >= 4 is 29.5 Å². The second-order valence-electron chi connectivity index (χ2n) is 8.46.